The number of nitrogens with one attached hydrogen (secondary N) is 1. The quantitative estimate of drug-likeness (QED) is 0.893. The van der Waals surface area contributed by atoms with E-state index in [1.54, 1.807) is 0 Å². The third-order valence-electron chi connectivity index (χ3n) is 4.96. The van der Waals surface area contributed by atoms with Gasteiger partial charge < -0.3 is 5.32 Å². The van der Waals surface area contributed by atoms with E-state index in [4.69, 9.17) is 0 Å². The molecule has 0 heterocycles. The van der Waals surface area contributed by atoms with Crippen LogP contribution < -0.4 is 5.32 Å². The summed E-state index contributed by atoms with van der Waals surface area (Å²) >= 11 is 3.21. The van der Waals surface area contributed by atoms with Gasteiger partial charge in [-0.15, -0.1) is 0 Å². The second-order valence-corrected chi connectivity index (χ2v) is 7.18. The first kappa shape index (κ1) is 14.5. The number of carbonyl (C=O) groups is 1. The highest BCUT2D eigenvalue weighted by Crippen LogP contribution is 2.67. The number of hydrogen-bond donors (Lipinski definition) is 1. The molecule has 0 radical (unpaired) electrons. The Bertz CT molecular complexity index is 511. The van der Waals surface area contributed by atoms with E-state index in [1.165, 1.54) is 18.2 Å². The number of carbonyl (C=O) groups excluding carboxylic acids is 1. The monoisotopic (exact) mass is 327 g/mol. The summed E-state index contributed by atoms with van der Waals surface area (Å²) < 4.78 is 13.5. The molecule has 19 heavy (non-hydrogen) atoms. The number of hydrogen-bond acceptors (Lipinski definition) is 1. The molecule has 2 rings (SSSR count). The van der Waals surface area contributed by atoms with E-state index in [1.807, 2.05) is 0 Å². The topological polar surface area (TPSA) is 29.1 Å². The summed E-state index contributed by atoms with van der Waals surface area (Å²) in [5.74, 6) is -0.0403. The van der Waals surface area contributed by atoms with Crippen molar-refractivity contribution in [1.29, 1.82) is 0 Å². The molecule has 0 spiro atoms. The Balaban J connectivity index is 2.00. The van der Waals surface area contributed by atoms with Gasteiger partial charge in [0, 0.05) is 11.0 Å². The van der Waals surface area contributed by atoms with E-state index < -0.39 is 0 Å². The van der Waals surface area contributed by atoms with Crippen LogP contribution >= 0.6 is 15.9 Å². The minimum Gasteiger partial charge on any atom is -0.352 e. The Hall–Kier alpha value is -0.900. The predicted molar refractivity (Wildman–Crippen MR) is 77.5 cm³/mol. The van der Waals surface area contributed by atoms with Crippen molar-refractivity contribution in [1.82, 2.24) is 5.32 Å². The highest BCUT2D eigenvalue weighted by atomic mass is 79.9. The average Bonchev–Trinajstić information content (AvgIpc) is 2.66. The molecule has 1 aliphatic rings. The van der Waals surface area contributed by atoms with E-state index in [-0.39, 0.29) is 22.6 Å². The molecule has 0 saturated heterocycles. The largest absolute Gasteiger partial charge is 0.352 e. The van der Waals surface area contributed by atoms with Crippen LogP contribution in [0.2, 0.25) is 0 Å². The van der Waals surface area contributed by atoms with E-state index in [0.29, 0.717) is 22.5 Å². The summed E-state index contributed by atoms with van der Waals surface area (Å²) in [7, 11) is 0. The van der Waals surface area contributed by atoms with Crippen LogP contribution in [0.25, 0.3) is 0 Å². The Morgan fingerprint density at radius 1 is 1.32 bits per heavy atom. The molecular formula is C15H19BrFNO. The number of amides is 1. The molecule has 1 aliphatic carbocycles. The highest BCUT2D eigenvalue weighted by molar-refractivity contribution is 9.10. The molecule has 1 fully saturated rings. The zero-order chi connectivity index (χ0) is 14.4. The van der Waals surface area contributed by atoms with Gasteiger partial charge in [0.05, 0.1) is 5.56 Å². The van der Waals surface area contributed by atoms with Crippen LogP contribution in [0.5, 0.6) is 0 Å². The molecule has 104 valence electrons. The zero-order valence-electron chi connectivity index (χ0n) is 11.7. The maximum Gasteiger partial charge on any atom is 0.252 e. The molecule has 1 N–H and O–H groups in total. The Kier molecular flexibility index (Phi) is 3.50. The lowest BCUT2D eigenvalue weighted by Gasteiger charge is -2.08. The summed E-state index contributed by atoms with van der Waals surface area (Å²) in [5, 5.41) is 2.94. The molecular weight excluding hydrogens is 309 g/mol. The lowest BCUT2D eigenvalue weighted by atomic mass is 10.0. The molecule has 0 bridgehead atoms. The average molecular weight is 328 g/mol. The first-order chi connectivity index (χ1) is 8.68. The second-order valence-electron chi connectivity index (χ2n) is 6.33. The Labute approximate surface area is 121 Å². The van der Waals surface area contributed by atoms with Crippen LogP contribution in [-0.4, -0.2) is 12.5 Å². The lowest BCUT2D eigenvalue weighted by molar-refractivity contribution is 0.0949. The smallest absolute Gasteiger partial charge is 0.252 e. The molecule has 0 unspecified atom stereocenters. The molecule has 1 amide bonds. The molecule has 4 heteroatoms. The molecule has 1 saturated carbocycles. The maximum atomic E-state index is 13.0. The van der Waals surface area contributed by atoms with Gasteiger partial charge in [0.1, 0.15) is 5.82 Å². The fraction of sp³-hybridized carbons (Fsp3) is 0.533. The van der Waals surface area contributed by atoms with Crippen molar-refractivity contribution in [3.63, 3.8) is 0 Å². The van der Waals surface area contributed by atoms with Crippen molar-refractivity contribution in [2.75, 3.05) is 6.54 Å². The van der Waals surface area contributed by atoms with Gasteiger partial charge in [0.2, 0.25) is 0 Å². The van der Waals surface area contributed by atoms with Crippen molar-refractivity contribution in [2.24, 2.45) is 16.7 Å². The van der Waals surface area contributed by atoms with E-state index in [0.717, 1.165) is 0 Å². The zero-order valence-corrected chi connectivity index (χ0v) is 13.3. The lowest BCUT2D eigenvalue weighted by Crippen LogP contribution is -2.27. The molecule has 1 aromatic rings. The van der Waals surface area contributed by atoms with Crippen molar-refractivity contribution < 1.29 is 9.18 Å². The van der Waals surface area contributed by atoms with Crippen LogP contribution in [0.3, 0.4) is 0 Å². The van der Waals surface area contributed by atoms with Crippen molar-refractivity contribution in [2.45, 2.75) is 27.7 Å². The molecule has 0 aromatic heterocycles. The third-order valence-corrected chi connectivity index (χ3v) is 5.62. The summed E-state index contributed by atoms with van der Waals surface area (Å²) in [6.45, 7) is 9.53. The SMILES string of the molecule is CC1(C)C(CNC(=O)c2ccc(F)cc2Br)C1(C)C. The maximum absolute atomic E-state index is 13.0. The molecule has 0 aliphatic heterocycles. The van der Waals surface area contributed by atoms with Gasteiger partial charge in [-0.2, -0.15) is 0 Å². The van der Waals surface area contributed by atoms with Gasteiger partial charge >= 0.3 is 0 Å². The van der Waals surface area contributed by atoms with Gasteiger partial charge in [-0.1, -0.05) is 27.7 Å². The highest BCUT2D eigenvalue weighted by Gasteiger charge is 2.64. The summed E-state index contributed by atoms with van der Waals surface area (Å²) in [4.78, 5) is 12.1. The van der Waals surface area contributed by atoms with E-state index >= 15 is 0 Å². The van der Waals surface area contributed by atoms with Crippen molar-refractivity contribution in [3.8, 4) is 0 Å². The molecule has 0 atom stereocenters. The normalized spacial score (nSPS) is 20.1. The van der Waals surface area contributed by atoms with E-state index in [9.17, 15) is 9.18 Å². The Morgan fingerprint density at radius 3 is 2.37 bits per heavy atom. The fourth-order valence-electron chi connectivity index (χ4n) is 2.81. The molecule has 1 aromatic carbocycles. The van der Waals surface area contributed by atoms with Gasteiger partial charge in [-0.3, -0.25) is 4.79 Å². The fourth-order valence-corrected chi connectivity index (χ4v) is 3.34. The number of benzene rings is 1. The van der Waals surface area contributed by atoms with Gasteiger partial charge in [-0.25, -0.2) is 4.39 Å². The van der Waals surface area contributed by atoms with Gasteiger partial charge in [-0.05, 0) is 50.9 Å². The van der Waals surface area contributed by atoms with Crippen molar-refractivity contribution in [3.05, 3.63) is 34.1 Å². The van der Waals surface area contributed by atoms with Crippen molar-refractivity contribution >= 4 is 21.8 Å². The summed E-state index contributed by atoms with van der Waals surface area (Å²) in [6, 6.07) is 4.10. The minimum absolute atomic E-state index is 0.162. The summed E-state index contributed by atoms with van der Waals surface area (Å²) in [6.07, 6.45) is 0. The van der Waals surface area contributed by atoms with Gasteiger partial charge in [0.25, 0.3) is 5.91 Å². The second kappa shape index (κ2) is 4.58. The van der Waals surface area contributed by atoms with Crippen LogP contribution in [0, 0.1) is 22.6 Å². The van der Waals surface area contributed by atoms with Crippen LogP contribution in [0.4, 0.5) is 4.39 Å². The van der Waals surface area contributed by atoms with Crippen LogP contribution in [-0.2, 0) is 0 Å². The number of halogens is 2. The predicted octanol–water partition coefficient (Wildman–Crippen LogP) is 4.00. The molecule has 2 nitrogen and oxygen atoms in total. The van der Waals surface area contributed by atoms with E-state index in [2.05, 4.69) is 48.9 Å². The first-order valence-corrected chi connectivity index (χ1v) is 7.20. The first-order valence-electron chi connectivity index (χ1n) is 6.41. The number of rotatable bonds is 3. The Morgan fingerprint density at radius 2 is 1.89 bits per heavy atom. The summed E-state index contributed by atoms with van der Waals surface area (Å²) in [5.41, 5.74) is 0.971. The van der Waals surface area contributed by atoms with Crippen LogP contribution in [0.15, 0.2) is 22.7 Å². The minimum atomic E-state index is -0.354. The van der Waals surface area contributed by atoms with Gasteiger partial charge in [0.15, 0.2) is 0 Å². The van der Waals surface area contributed by atoms with Crippen LogP contribution in [0.1, 0.15) is 38.1 Å². The third kappa shape index (κ3) is 2.42. The standard InChI is InChI=1S/C15H19BrFNO/c1-14(2)12(15(14,3)4)8-18-13(19)10-6-5-9(17)7-11(10)16/h5-7,12H,8H2,1-4H3,(H,18,19).